The number of benzene rings is 1. The van der Waals surface area contributed by atoms with Crippen LogP contribution in [0, 0.1) is 5.92 Å². The first kappa shape index (κ1) is 16.5. The quantitative estimate of drug-likeness (QED) is 0.842. The maximum atomic E-state index is 12.7. The molecule has 2 aliphatic rings. The molecule has 6 heteroatoms. The summed E-state index contributed by atoms with van der Waals surface area (Å²) in [5.74, 6) is -0.272. The molecule has 1 aliphatic carbocycles. The van der Waals surface area contributed by atoms with Gasteiger partial charge in [0.15, 0.2) is 0 Å². The molecule has 1 amide bonds. The second-order valence-corrected chi connectivity index (χ2v) is 8.96. The summed E-state index contributed by atoms with van der Waals surface area (Å²) in [7, 11) is -0.589. The Balaban J connectivity index is 1.89. The molecule has 0 N–H and O–H groups in total. The summed E-state index contributed by atoms with van der Waals surface area (Å²) in [5.41, 5.74) is 0.852. The van der Waals surface area contributed by atoms with Gasteiger partial charge in [-0.1, -0.05) is 43.2 Å². The van der Waals surface area contributed by atoms with Gasteiger partial charge < -0.3 is 4.90 Å². The van der Waals surface area contributed by atoms with Crippen LogP contribution in [0.2, 0.25) is 0 Å². The van der Waals surface area contributed by atoms with Crippen LogP contribution in [0.4, 0.5) is 0 Å². The highest BCUT2D eigenvalue weighted by Gasteiger charge is 2.57. The molecule has 23 heavy (non-hydrogen) atoms. The maximum Gasteiger partial charge on any atom is 0.239 e. The van der Waals surface area contributed by atoms with E-state index < -0.39 is 15.8 Å². The fourth-order valence-corrected chi connectivity index (χ4v) is 4.77. The Morgan fingerprint density at radius 2 is 1.96 bits per heavy atom. The van der Waals surface area contributed by atoms with Gasteiger partial charge in [-0.25, -0.2) is 12.7 Å². The van der Waals surface area contributed by atoms with Gasteiger partial charge in [-0.15, -0.1) is 0 Å². The van der Waals surface area contributed by atoms with Gasteiger partial charge in [0, 0.05) is 26.6 Å². The summed E-state index contributed by atoms with van der Waals surface area (Å²) in [5, 5.41) is 0. The first-order valence-corrected chi connectivity index (χ1v) is 9.75. The molecule has 1 aromatic rings. The first-order chi connectivity index (χ1) is 10.9. The Kier molecular flexibility index (Phi) is 4.23. The third-order valence-corrected chi connectivity index (χ3v) is 7.08. The average molecular weight is 336 g/mol. The molecule has 5 nitrogen and oxygen atoms in total. The molecule has 1 saturated heterocycles. The average Bonchev–Trinajstić information content (AvgIpc) is 2.49. The van der Waals surface area contributed by atoms with Gasteiger partial charge in [0.2, 0.25) is 15.9 Å². The largest absolute Gasteiger partial charge is 0.331 e. The van der Waals surface area contributed by atoms with Crippen molar-refractivity contribution in [1.82, 2.24) is 9.21 Å². The van der Waals surface area contributed by atoms with E-state index in [0.717, 1.165) is 29.1 Å². The molecule has 2 fully saturated rings. The number of fused-ring (bicyclic) bond motifs is 1. The van der Waals surface area contributed by atoms with E-state index in [9.17, 15) is 13.2 Å². The molecule has 2 atom stereocenters. The van der Waals surface area contributed by atoms with Crippen LogP contribution in [-0.2, 0) is 20.4 Å². The Morgan fingerprint density at radius 3 is 2.57 bits per heavy atom. The van der Waals surface area contributed by atoms with E-state index in [4.69, 9.17) is 0 Å². The number of likely N-dealkylation sites (tertiary alicyclic amines) is 1. The van der Waals surface area contributed by atoms with E-state index in [1.807, 2.05) is 23.1 Å². The van der Waals surface area contributed by atoms with Crippen LogP contribution < -0.4 is 0 Å². The van der Waals surface area contributed by atoms with Crippen molar-refractivity contribution in [3.63, 3.8) is 0 Å². The van der Waals surface area contributed by atoms with E-state index in [0.29, 0.717) is 12.5 Å². The smallest absolute Gasteiger partial charge is 0.239 e. The minimum Gasteiger partial charge on any atom is -0.331 e. The van der Waals surface area contributed by atoms with Crippen LogP contribution in [0.25, 0.3) is 0 Å². The summed E-state index contributed by atoms with van der Waals surface area (Å²) >= 11 is 0. The highest BCUT2D eigenvalue weighted by molar-refractivity contribution is 7.89. The van der Waals surface area contributed by atoms with Gasteiger partial charge in [-0.05, 0) is 18.4 Å². The maximum absolute atomic E-state index is 12.7. The number of hydrogen-bond acceptors (Lipinski definition) is 3. The summed E-state index contributed by atoms with van der Waals surface area (Å²) in [6, 6.07) is 10.1. The first-order valence-electron chi connectivity index (χ1n) is 8.14. The zero-order valence-electron chi connectivity index (χ0n) is 13.7. The summed E-state index contributed by atoms with van der Waals surface area (Å²) < 4.78 is 25.3. The van der Waals surface area contributed by atoms with Crippen LogP contribution in [0.3, 0.4) is 0 Å². The van der Waals surface area contributed by atoms with Crippen LogP contribution in [0.15, 0.2) is 30.3 Å². The highest BCUT2D eigenvalue weighted by atomic mass is 32.2. The summed E-state index contributed by atoms with van der Waals surface area (Å²) in [6.45, 7) is 0.677. The van der Waals surface area contributed by atoms with Crippen molar-refractivity contribution in [2.24, 2.45) is 5.92 Å². The van der Waals surface area contributed by atoms with Crippen LogP contribution in [-0.4, -0.2) is 49.9 Å². The molecule has 0 aromatic heterocycles. The van der Waals surface area contributed by atoms with Gasteiger partial charge in [0.25, 0.3) is 0 Å². The minimum absolute atomic E-state index is 0.277. The lowest BCUT2D eigenvalue weighted by Crippen LogP contribution is -2.68. The van der Waals surface area contributed by atoms with Gasteiger partial charge in [-0.3, -0.25) is 4.79 Å². The molecule has 3 rings (SSSR count). The van der Waals surface area contributed by atoms with Gasteiger partial charge in [-0.2, -0.15) is 0 Å². The van der Waals surface area contributed by atoms with Crippen molar-refractivity contribution in [3.8, 4) is 0 Å². The second-order valence-electron chi connectivity index (χ2n) is 6.78. The SMILES string of the molecule is CN(C)S(=O)(=O)CC(=O)N1C[C@@H]2CCCC[C@@]21c1ccccc1. The van der Waals surface area contributed by atoms with Crippen molar-refractivity contribution < 1.29 is 13.2 Å². The molecular formula is C17H24N2O3S. The Labute approximate surface area is 138 Å². The molecule has 1 saturated carbocycles. The number of carbonyl (C=O) groups excluding carboxylic acids is 1. The molecule has 1 aliphatic heterocycles. The molecule has 126 valence electrons. The third kappa shape index (κ3) is 2.68. The monoisotopic (exact) mass is 336 g/mol. The van der Waals surface area contributed by atoms with Crippen molar-refractivity contribution >= 4 is 15.9 Å². The van der Waals surface area contributed by atoms with E-state index in [-0.39, 0.29) is 11.4 Å². The van der Waals surface area contributed by atoms with Crippen molar-refractivity contribution in [2.75, 3.05) is 26.4 Å². The molecule has 0 radical (unpaired) electrons. The fourth-order valence-electron chi connectivity index (χ4n) is 4.05. The zero-order valence-corrected chi connectivity index (χ0v) is 14.6. The van der Waals surface area contributed by atoms with E-state index in [2.05, 4.69) is 12.1 Å². The van der Waals surface area contributed by atoms with E-state index in [1.54, 1.807) is 0 Å². The van der Waals surface area contributed by atoms with Gasteiger partial charge >= 0.3 is 0 Å². The lowest BCUT2D eigenvalue weighted by atomic mass is 9.61. The second kappa shape index (κ2) is 5.91. The molecule has 0 spiro atoms. The lowest BCUT2D eigenvalue weighted by molar-refractivity contribution is -0.163. The number of amides is 1. The molecule has 1 aromatic carbocycles. The zero-order chi connectivity index (χ0) is 16.7. The van der Waals surface area contributed by atoms with Crippen LogP contribution in [0.1, 0.15) is 31.2 Å². The molecule has 0 unspecified atom stereocenters. The normalized spacial score (nSPS) is 27.4. The molecule has 0 bridgehead atoms. The number of nitrogens with zero attached hydrogens (tertiary/aromatic N) is 2. The van der Waals surface area contributed by atoms with Crippen molar-refractivity contribution in [1.29, 1.82) is 0 Å². The van der Waals surface area contributed by atoms with Crippen LogP contribution in [0.5, 0.6) is 0 Å². The van der Waals surface area contributed by atoms with E-state index in [1.165, 1.54) is 20.5 Å². The minimum atomic E-state index is -3.52. The van der Waals surface area contributed by atoms with E-state index >= 15 is 0 Å². The highest BCUT2D eigenvalue weighted by Crippen LogP contribution is 2.53. The fraction of sp³-hybridized carbons (Fsp3) is 0.588. The standard InChI is InChI=1S/C17H24N2O3S/c1-18(2)23(21,22)13-16(20)19-12-15-10-6-7-11-17(15,19)14-8-4-3-5-9-14/h3-5,8-9,15H,6-7,10-13H2,1-2H3/t15-,17+/m0/s1. The summed E-state index contributed by atoms with van der Waals surface area (Å²) in [4.78, 5) is 14.5. The number of rotatable bonds is 4. The van der Waals surface area contributed by atoms with Gasteiger partial charge in [0.05, 0.1) is 5.54 Å². The lowest BCUT2D eigenvalue weighted by Gasteiger charge is -2.61. The van der Waals surface area contributed by atoms with Crippen molar-refractivity contribution in [3.05, 3.63) is 35.9 Å². The molecular weight excluding hydrogens is 312 g/mol. The van der Waals surface area contributed by atoms with Gasteiger partial charge in [0.1, 0.15) is 5.75 Å². The summed E-state index contributed by atoms with van der Waals surface area (Å²) in [6.07, 6.45) is 4.31. The number of carbonyl (C=O) groups is 1. The number of sulfonamides is 1. The Bertz CT molecular complexity index is 687. The number of hydrogen-bond donors (Lipinski definition) is 0. The van der Waals surface area contributed by atoms with Crippen molar-refractivity contribution in [2.45, 2.75) is 31.2 Å². The topological polar surface area (TPSA) is 57.7 Å². The predicted octanol–water partition coefficient (Wildman–Crippen LogP) is 1.81. The Morgan fingerprint density at radius 1 is 1.26 bits per heavy atom. The van der Waals surface area contributed by atoms with Crippen LogP contribution >= 0.6 is 0 Å². The predicted molar refractivity (Wildman–Crippen MR) is 89.3 cm³/mol. The Hall–Kier alpha value is -1.40. The third-order valence-electron chi connectivity index (χ3n) is 5.36. The molecule has 1 heterocycles.